The molecule has 158 valence electrons. The predicted octanol–water partition coefficient (Wildman–Crippen LogP) is 3.82. The highest BCUT2D eigenvalue weighted by Gasteiger charge is 2.64. The molecule has 0 radical (unpaired) electrons. The lowest BCUT2D eigenvalue weighted by atomic mass is 9.49. The van der Waals surface area contributed by atoms with E-state index in [9.17, 15) is 31.1 Å². The van der Waals surface area contributed by atoms with Crippen LogP contribution in [-0.4, -0.2) is 42.2 Å². The van der Waals surface area contributed by atoms with E-state index in [0.29, 0.717) is 17.8 Å². The molecule has 27 heavy (non-hydrogen) atoms. The first-order valence-corrected chi connectivity index (χ1v) is 10.8. The Morgan fingerprint density at radius 2 is 1.48 bits per heavy atom. The molecule has 4 aliphatic carbocycles. The van der Waals surface area contributed by atoms with Gasteiger partial charge in [0.15, 0.2) is 6.29 Å². The van der Waals surface area contributed by atoms with Crippen LogP contribution in [0.25, 0.3) is 0 Å². The highest BCUT2D eigenvalue weighted by Crippen LogP contribution is 2.61. The molecule has 0 saturated heterocycles. The average molecular weight is 418 g/mol. The molecule has 0 aliphatic heterocycles. The monoisotopic (exact) mass is 418 g/mol. The van der Waals surface area contributed by atoms with Gasteiger partial charge in [-0.25, -0.2) is 0 Å². The first-order chi connectivity index (χ1) is 12.4. The van der Waals surface area contributed by atoms with Crippen molar-refractivity contribution in [3.8, 4) is 0 Å². The number of rotatable bonds is 9. The Bertz CT molecular complexity index is 616. The van der Waals surface area contributed by atoms with Crippen LogP contribution >= 0.6 is 0 Å². The quantitative estimate of drug-likeness (QED) is 0.257. The lowest BCUT2D eigenvalue weighted by molar-refractivity contribution is -0.228. The van der Waals surface area contributed by atoms with Crippen molar-refractivity contribution in [1.82, 2.24) is 0 Å². The summed E-state index contributed by atoms with van der Waals surface area (Å²) in [6, 6.07) is 0. The molecule has 0 heterocycles. The minimum absolute atomic E-state index is 0.0272. The number of hydrogen-bond donors (Lipinski definition) is 2. The van der Waals surface area contributed by atoms with E-state index in [1.165, 1.54) is 19.3 Å². The van der Waals surface area contributed by atoms with E-state index >= 15 is 0 Å². The fourth-order valence-corrected chi connectivity index (χ4v) is 6.11. The molecule has 0 aromatic rings. The number of unbranched alkanes of at least 4 members (excludes halogenated alkanes) is 1. The first kappa shape index (κ1) is 21.3. The van der Waals surface area contributed by atoms with Crippen LogP contribution in [0.2, 0.25) is 0 Å². The summed E-state index contributed by atoms with van der Waals surface area (Å²) in [6.07, 6.45) is 3.44. The van der Waals surface area contributed by atoms with Crippen LogP contribution < -0.4 is 0 Å². The van der Waals surface area contributed by atoms with Gasteiger partial charge in [-0.3, -0.25) is 4.55 Å². The summed E-state index contributed by atoms with van der Waals surface area (Å²) in [5.74, 6) is -3.05. The van der Waals surface area contributed by atoms with E-state index in [0.717, 1.165) is 19.3 Å². The molecular formula is C17H26F4O5S. The second-order valence-electron chi connectivity index (χ2n) is 8.66. The van der Waals surface area contributed by atoms with Gasteiger partial charge in [0, 0.05) is 18.4 Å². The zero-order chi connectivity index (χ0) is 20.1. The summed E-state index contributed by atoms with van der Waals surface area (Å²) in [5, 5.41) is 4.98. The van der Waals surface area contributed by atoms with Crippen molar-refractivity contribution in [3.05, 3.63) is 0 Å². The molecule has 0 amide bonds. The Hall–Kier alpha value is -0.450. The zero-order valence-corrected chi connectivity index (χ0v) is 15.7. The number of ether oxygens (including phenoxy) is 1. The summed E-state index contributed by atoms with van der Waals surface area (Å²) in [7, 11) is -6.20. The van der Waals surface area contributed by atoms with E-state index in [1.807, 2.05) is 0 Å². The highest BCUT2D eigenvalue weighted by atomic mass is 32.2. The van der Waals surface area contributed by atoms with Gasteiger partial charge in [-0.2, -0.15) is 26.0 Å². The minimum atomic E-state index is -6.20. The fraction of sp³-hybridized carbons (Fsp3) is 1.00. The van der Waals surface area contributed by atoms with Crippen LogP contribution in [-0.2, 0) is 14.9 Å². The van der Waals surface area contributed by atoms with Crippen LogP contribution in [0, 0.1) is 23.2 Å². The van der Waals surface area contributed by atoms with Crippen LogP contribution in [0.4, 0.5) is 17.6 Å². The second-order valence-corrected chi connectivity index (χ2v) is 10.1. The van der Waals surface area contributed by atoms with Crippen LogP contribution in [0.3, 0.4) is 0 Å². The molecule has 0 aromatic carbocycles. The standard InChI is InChI=1S/C17H26F4O5S/c18-16(19,17(20,21)27(23,24)25)3-1-2-4-26-14(22)15-8-11-5-12(9-15)7-13(6-11)10-15/h11-14,22H,1-10H2,(H,23,24,25). The van der Waals surface area contributed by atoms with E-state index in [4.69, 9.17) is 9.29 Å². The maximum absolute atomic E-state index is 13.4. The Kier molecular flexibility index (Phi) is 5.60. The van der Waals surface area contributed by atoms with Crippen LogP contribution in [0.1, 0.15) is 57.8 Å². The smallest absolute Gasteiger partial charge is 0.367 e. The lowest BCUT2D eigenvalue weighted by Crippen LogP contribution is -2.52. The molecule has 1 unspecified atom stereocenters. The van der Waals surface area contributed by atoms with Gasteiger partial charge in [0.2, 0.25) is 0 Å². The van der Waals surface area contributed by atoms with Crippen molar-refractivity contribution >= 4 is 10.1 Å². The summed E-state index contributed by atoms with van der Waals surface area (Å²) in [6.45, 7) is -0.0730. The molecule has 2 N–H and O–H groups in total. The third-order valence-corrected chi connectivity index (χ3v) is 7.47. The van der Waals surface area contributed by atoms with Gasteiger partial charge in [-0.1, -0.05) is 0 Å². The van der Waals surface area contributed by atoms with Crippen LogP contribution in [0.15, 0.2) is 0 Å². The number of aliphatic hydroxyl groups is 1. The van der Waals surface area contributed by atoms with Crippen molar-refractivity contribution in [1.29, 1.82) is 0 Å². The Balaban J connectivity index is 1.44. The molecule has 0 spiro atoms. The summed E-state index contributed by atoms with van der Waals surface area (Å²) < 4.78 is 87.7. The molecule has 5 nitrogen and oxygen atoms in total. The molecule has 1 atom stereocenters. The first-order valence-electron chi connectivity index (χ1n) is 9.39. The van der Waals surface area contributed by atoms with Gasteiger partial charge in [0.1, 0.15) is 0 Å². The van der Waals surface area contributed by atoms with Gasteiger partial charge < -0.3 is 9.84 Å². The van der Waals surface area contributed by atoms with Crippen molar-refractivity contribution < 1.29 is 40.4 Å². The van der Waals surface area contributed by atoms with Gasteiger partial charge >= 0.3 is 21.3 Å². The van der Waals surface area contributed by atoms with Gasteiger partial charge in [-0.05, 0) is 69.1 Å². The minimum Gasteiger partial charge on any atom is -0.367 e. The third-order valence-electron chi connectivity index (χ3n) is 6.52. The summed E-state index contributed by atoms with van der Waals surface area (Å²) in [4.78, 5) is 0. The number of alkyl halides is 4. The Morgan fingerprint density at radius 1 is 1.00 bits per heavy atom. The topological polar surface area (TPSA) is 83.8 Å². The van der Waals surface area contributed by atoms with Crippen molar-refractivity contribution in [2.24, 2.45) is 23.2 Å². The lowest BCUT2D eigenvalue weighted by Gasteiger charge is -2.57. The van der Waals surface area contributed by atoms with E-state index < -0.39 is 40.4 Å². The fourth-order valence-electron chi connectivity index (χ4n) is 5.64. The van der Waals surface area contributed by atoms with Crippen molar-refractivity contribution in [2.75, 3.05) is 6.61 Å². The number of aliphatic hydroxyl groups excluding tert-OH is 1. The largest absolute Gasteiger partial charge is 0.431 e. The molecule has 10 heteroatoms. The highest BCUT2D eigenvalue weighted by molar-refractivity contribution is 7.87. The maximum Gasteiger partial charge on any atom is 0.431 e. The average Bonchev–Trinajstić information content (AvgIpc) is 2.51. The Labute approximate surface area is 156 Å². The van der Waals surface area contributed by atoms with Crippen molar-refractivity contribution in [2.45, 2.75) is 75.3 Å². The van der Waals surface area contributed by atoms with Crippen molar-refractivity contribution in [3.63, 3.8) is 0 Å². The van der Waals surface area contributed by atoms with Gasteiger partial charge in [-0.15, -0.1) is 0 Å². The predicted molar refractivity (Wildman–Crippen MR) is 87.9 cm³/mol. The number of halogens is 4. The molecule has 4 rings (SSSR count). The second kappa shape index (κ2) is 7.11. The summed E-state index contributed by atoms with van der Waals surface area (Å²) >= 11 is 0. The van der Waals surface area contributed by atoms with Gasteiger partial charge in [0.25, 0.3) is 0 Å². The molecule has 0 aromatic heterocycles. The molecule has 4 fully saturated rings. The van der Waals surface area contributed by atoms with E-state index in [1.54, 1.807) is 0 Å². The molecule has 4 bridgehead atoms. The van der Waals surface area contributed by atoms with Crippen LogP contribution in [0.5, 0.6) is 0 Å². The Morgan fingerprint density at radius 3 is 1.93 bits per heavy atom. The third kappa shape index (κ3) is 4.00. The summed E-state index contributed by atoms with van der Waals surface area (Å²) in [5.41, 5.74) is -0.281. The maximum atomic E-state index is 13.4. The van der Waals surface area contributed by atoms with Gasteiger partial charge in [0.05, 0.1) is 0 Å². The SMILES string of the molecule is O=S(=O)(O)C(F)(F)C(F)(F)CCCCOC(O)C12CC3CC(CC(C3)C1)C2. The zero-order valence-electron chi connectivity index (χ0n) is 14.9. The molecular weight excluding hydrogens is 392 g/mol. The van der Waals surface area contributed by atoms with E-state index in [2.05, 4.69) is 0 Å². The normalized spacial score (nSPS) is 34.8. The molecule has 4 aliphatic rings. The number of hydrogen-bond acceptors (Lipinski definition) is 4. The van der Waals surface area contributed by atoms with E-state index in [-0.39, 0.29) is 18.4 Å². The molecule has 4 saturated carbocycles.